The molecule has 0 unspecified atom stereocenters. The fourth-order valence-electron chi connectivity index (χ4n) is 2.38. The Morgan fingerprint density at radius 2 is 1.57 bits per heavy atom. The maximum atomic E-state index is 11.9. The van der Waals surface area contributed by atoms with Crippen molar-refractivity contribution in [3.05, 3.63) is 72.6 Å². The number of benzene rings is 2. The molecule has 0 saturated heterocycles. The number of carbonyl (C=O) groups is 2. The monoisotopic (exact) mass is 380 g/mol. The van der Waals surface area contributed by atoms with Crippen LogP contribution in [0.3, 0.4) is 0 Å². The molecule has 0 bridgehead atoms. The number of amides is 1. The molecule has 0 saturated carbocycles. The summed E-state index contributed by atoms with van der Waals surface area (Å²) in [5.41, 5.74) is 0.864. The van der Waals surface area contributed by atoms with Crippen LogP contribution < -0.4 is 14.8 Å². The summed E-state index contributed by atoms with van der Waals surface area (Å²) in [5.74, 6) is 1.07. The van der Waals surface area contributed by atoms with Gasteiger partial charge in [0.1, 0.15) is 22.9 Å². The van der Waals surface area contributed by atoms with Crippen molar-refractivity contribution in [1.29, 1.82) is 0 Å². The lowest BCUT2D eigenvalue weighted by Crippen LogP contribution is -2.21. The molecule has 0 aliphatic carbocycles. The quantitative estimate of drug-likeness (QED) is 0.577. The molecule has 7 nitrogen and oxygen atoms in total. The van der Waals surface area contributed by atoms with E-state index in [1.54, 1.807) is 42.6 Å². The largest absolute Gasteiger partial charge is 0.494 e. The Labute approximate surface area is 162 Å². The third-order valence-corrected chi connectivity index (χ3v) is 3.66. The van der Waals surface area contributed by atoms with Gasteiger partial charge in [-0.15, -0.1) is 0 Å². The summed E-state index contributed by atoms with van der Waals surface area (Å²) in [7, 11) is 0. The van der Waals surface area contributed by atoms with E-state index in [4.69, 9.17) is 14.2 Å². The fraction of sp³-hybridized carbons (Fsp3) is 0.143. The number of H-pyrrole nitrogens is 1. The van der Waals surface area contributed by atoms with Gasteiger partial charge in [0.25, 0.3) is 5.91 Å². The summed E-state index contributed by atoms with van der Waals surface area (Å²) < 4.78 is 16.1. The molecule has 3 rings (SSSR count). The van der Waals surface area contributed by atoms with Gasteiger partial charge in [-0.3, -0.25) is 4.79 Å². The SMILES string of the molecule is CCOc1ccc(Oc2ccc(NC(=O)COC(=O)c3ccc[nH]3)cc2)cc1. The molecular formula is C21H20N2O5. The van der Waals surface area contributed by atoms with Gasteiger partial charge in [-0.05, 0) is 67.6 Å². The number of nitrogens with one attached hydrogen (secondary N) is 2. The zero-order valence-electron chi connectivity index (χ0n) is 15.3. The van der Waals surface area contributed by atoms with E-state index in [0.29, 0.717) is 29.5 Å². The van der Waals surface area contributed by atoms with Crippen LogP contribution in [0.1, 0.15) is 17.4 Å². The highest BCUT2D eigenvalue weighted by Crippen LogP contribution is 2.25. The smallest absolute Gasteiger partial charge is 0.355 e. The van der Waals surface area contributed by atoms with Crippen LogP contribution in [-0.2, 0) is 9.53 Å². The van der Waals surface area contributed by atoms with Crippen molar-refractivity contribution in [2.45, 2.75) is 6.92 Å². The Bertz CT molecular complexity index is 903. The fourth-order valence-corrected chi connectivity index (χ4v) is 2.38. The van der Waals surface area contributed by atoms with E-state index in [1.165, 1.54) is 0 Å². The lowest BCUT2D eigenvalue weighted by atomic mass is 10.3. The maximum absolute atomic E-state index is 11.9. The van der Waals surface area contributed by atoms with Crippen LogP contribution in [0, 0.1) is 0 Å². The van der Waals surface area contributed by atoms with E-state index >= 15 is 0 Å². The van der Waals surface area contributed by atoms with Crippen LogP contribution in [0.2, 0.25) is 0 Å². The summed E-state index contributed by atoms with van der Waals surface area (Å²) in [5, 5.41) is 2.66. The van der Waals surface area contributed by atoms with Crippen molar-refractivity contribution in [3.8, 4) is 17.2 Å². The lowest BCUT2D eigenvalue weighted by Gasteiger charge is -2.09. The first kappa shape index (κ1) is 19.0. The van der Waals surface area contributed by atoms with Crippen molar-refractivity contribution in [1.82, 2.24) is 4.98 Å². The highest BCUT2D eigenvalue weighted by molar-refractivity contribution is 5.94. The van der Waals surface area contributed by atoms with E-state index in [1.807, 2.05) is 31.2 Å². The maximum Gasteiger partial charge on any atom is 0.355 e. The lowest BCUT2D eigenvalue weighted by molar-refractivity contribution is -0.119. The molecule has 0 spiro atoms. The first-order valence-electron chi connectivity index (χ1n) is 8.75. The van der Waals surface area contributed by atoms with Gasteiger partial charge in [0.05, 0.1) is 6.61 Å². The Kier molecular flexibility index (Phi) is 6.30. The number of hydrogen-bond donors (Lipinski definition) is 2. The van der Waals surface area contributed by atoms with Gasteiger partial charge in [-0.1, -0.05) is 0 Å². The molecule has 2 aromatic carbocycles. The van der Waals surface area contributed by atoms with E-state index < -0.39 is 11.9 Å². The molecule has 0 radical (unpaired) electrons. The predicted octanol–water partition coefficient (Wildman–Crippen LogP) is 4.00. The third kappa shape index (κ3) is 5.38. The minimum Gasteiger partial charge on any atom is -0.494 e. The van der Waals surface area contributed by atoms with E-state index in [2.05, 4.69) is 10.3 Å². The molecule has 28 heavy (non-hydrogen) atoms. The van der Waals surface area contributed by atoms with Gasteiger partial charge in [0, 0.05) is 11.9 Å². The van der Waals surface area contributed by atoms with E-state index in [-0.39, 0.29) is 6.61 Å². The van der Waals surface area contributed by atoms with Gasteiger partial charge >= 0.3 is 5.97 Å². The van der Waals surface area contributed by atoms with Gasteiger partial charge in [-0.2, -0.15) is 0 Å². The number of rotatable bonds is 8. The van der Waals surface area contributed by atoms with Crippen LogP contribution in [0.4, 0.5) is 5.69 Å². The standard InChI is InChI=1S/C21H20N2O5/c1-2-26-16-9-11-18(12-10-16)28-17-7-5-15(6-8-17)23-20(24)14-27-21(25)19-4-3-13-22-19/h3-13,22H,2,14H2,1H3,(H,23,24). The van der Waals surface area contributed by atoms with Crippen molar-refractivity contribution < 1.29 is 23.8 Å². The second-order valence-electron chi connectivity index (χ2n) is 5.74. The molecule has 0 atom stereocenters. The minimum atomic E-state index is -0.584. The molecule has 2 N–H and O–H groups in total. The summed E-state index contributed by atoms with van der Waals surface area (Å²) in [6, 6.07) is 17.4. The second kappa shape index (κ2) is 9.27. The van der Waals surface area contributed by atoms with E-state index in [0.717, 1.165) is 5.75 Å². The molecule has 1 heterocycles. The molecule has 1 amide bonds. The van der Waals surface area contributed by atoms with Gasteiger partial charge in [0.15, 0.2) is 6.61 Å². The average Bonchev–Trinajstić information content (AvgIpc) is 3.24. The highest BCUT2D eigenvalue weighted by atomic mass is 16.5. The Morgan fingerprint density at radius 1 is 0.929 bits per heavy atom. The second-order valence-corrected chi connectivity index (χ2v) is 5.74. The third-order valence-electron chi connectivity index (χ3n) is 3.66. The number of aromatic amines is 1. The van der Waals surface area contributed by atoms with Crippen molar-refractivity contribution in [3.63, 3.8) is 0 Å². The van der Waals surface area contributed by atoms with Crippen LogP contribution in [0.5, 0.6) is 17.2 Å². The number of carbonyl (C=O) groups excluding carboxylic acids is 2. The van der Waals surface area contributed by atoms with Crippen LogP contribution in [0.25, 0.3) is 0 Å². The highest BCUT2D eigenvalue weighted by Gasteiger charge is 2.10. The Morgan fingerprint density at radius 3 is 2.18 bits per heavy atom. The molecule has 0 aliphatic heterocycles. The summed E-state index contributed by atoms with van der Waals surface area (Å²) in [6.07, 6.45) is 1.60. The van der Waals surface area contributed by atoms with Gasteiger partial charge in [-0.25, -0.2) is 4.79 Å². The van der Waals surface area contributed by atoms with Crippen molar-refractivity contribution in [2.24, 2.45) is 0 Å². The average molecular weight is 380 g/mol. The van der Waals surface area contributed by atoms with Gasteiger partial charge in [0.2, 0.25) is 0 Å². The summed E-state index contributed by atoms with van der Waals surface area (Å²) >= 11 is 0. The molecule has 1 aromatic heterocycles. The molecule has 144 valence electrons. The first-order chi connectivity index (χ1) is 13.6. The van der Waals surface area contributed by atoms with E-state index in [9.17, 15) is 9.59 Å². The number of hydrogen-bond acceptors (Lipinski definition) is 5. The summed E-state index contributed by atoms with van der Waals surface area (Å²) in [6.45, 7) is 2.16. The number of aromatic nitrogens is 1. The van der Waals surface area contributed by atoms with Gasteiger partial charge < -0.3 is 24.5 Å². The van der Waals surface area contributed by atoms with Crippen molar-refractivity contribution in [2.75, 3.05) is 18.5 Å². The Hall–Kier alpha value is -3.74. The van der Waals surface area contributed by atoms with Crippen LogP contribution in [0.15, 0.2) is 66.9 Å². The molecular weight excluding hydrogens is 360 g/mol. The number of esters is 1. The number of anilines is 1. The molecule has 7 heteroatoms. The zero-order valence-corrected chi connectivity index (χ0v) is 15.3. The normalized spacial score (nSPS) is 10.2. The topological polar surface area (TPSA) is 89.7 Å². The molecule has 0 fully saturated rings. The van der Waals surface area contributed by atoms with Crippen LogP contribution in [-0.4, -0.2) is 30.1 Å². The predicted molar refractivity (Wildman–Crippen MR) is 104 cm³/mol. The Balaban J connectivity index is 1.48. The first-order valence-corrected chi connectivity index (χ1v) is 8.75. The molecule has 0 aliphatic rings. The summed E-state index contributed by atoms with van der Waals surface area (Å²) in [4.78, 5) is 26.3. The number of ether oxygens (including phenoxy) is 3. The zero-order chi connectivity index (χ0) is 19.8. The minimum absolute atomic E-state index is 0.295. The van der Waals surface area contributed by atoms with Crippen molar-refractivity contribution >= 4 is 17.6 Å². The van der Waals surface area contributed by atoms with Crippen LogP contribution >= 0.6 is 0 Å². The molecule has 3 aromatic rings.